The Bertz CT molecular complexity index is 541. The van der Waals surface area contributed by atoms with E-state index in [9.17, 15) is 15.2 Å². The van der Waals surface area contributed by atoms with Crippen LogP contribution in [0.1, 0.15) is 5.56 Å². The summed E-state index contributed by atoms with van der Waals surface area (Å²) in [5, 5.41) is 21.5. The average molecular weight is 344 g/mol. The first-order valence-electron chi connectivity index (χ1n) is 7.52. The minimum atomic E-state index is -0.538. The molecular weight excluding hydrogens is 322 g/mol. The van der Waals surface area contributed by atoms with Crippen LogP contribution in [0.3, 0.4) is 0 Å². The van der Waals surface area contributed by atoms with Crippen LogP contribution >= 0.6 is 11.6 Å². The van der Waals surface area contributed by atoms with E-state index >= 15 is 0 Å². The molecule has 1 N–H and O–H groups in total. The van der Waals surface area contributed by atoms with Gasteiger partial charge in [0.1, 0.15) is 0 Å². The number of hydrogen-bond donors (Lipinski definition) is 1. The van der Waals surface area contributed by atoms with Gasteiger partial charge in [-0.2, -0.15) is 0 Å². The Labute approximate surface area is 140 Å². The van der Waals surface area contributed by atoms with E-state index < -0.39 is 11.0 Å². The lowest BCUT2D eigenvalue weighted by atomic mass is 10.1. The summed E-state index contributed by atoms with van der Waals surface area (Å²) in [4.78, 5) is 14.4. The number of aryl methyl sites for hydroxylation is 1. The number of anilines is 1. The molecule has 0 radical (unpaired) electrons. The van der Waals surface area contributed by atoms with Gasteiger partial charge in [0.15, 0.2) is 0 Å². The van der Waals surface area contributed by atoms with Crippen LogP contribution in [0.4, 0.5) is 11.4 Å². The minimum Gasteiger partial charge on any atom is -0.390 e. The number of aliphatic hydroxyl groups excluding tert-OH is 1. The summed E-state index contributed by atoms with van der Waals surface area (Å²) < 4.78 is 5.29. The SMILES string of the molecule is Cc1cc([N+](=O)[O-])cc(Cl)c1N(C)CC(O)CN1CCOCC1. The van der Waals surface area contributed by atoms with Crippen LogP contribution in [0.5, 0.6) is 0 Å². The molecule has 1 unspecified atom stereocenters. The molecule has 0 aromatic heterocycles. The van der Waals surface area contributed by atoms with Gasteiger partial charge in [-0.05, 0) is 12.5 Å². The van der Waals surface area contributed by atoms with Gasteiger partial charge >= 0.3 is 0 Å². The first kappa shape index (κ1) is 17.9. The average Bonchev–Trinajstić information content (AvgIpc) is 2.47. The maximum atomic E-state index is 10.9. The van der Waals surface area contributed by atoms with Gasteiger partial charge in [0.25, 0.3) is 5.69 Å². The number of likely N-dealkylation sites (N-methyl/N-ethyl adjacent to an activating group) is 1. The number of benzene rings is 1. The highest BCUT2D eigenvalue weighted by atomic mass is 35.5. The van der Waals surface area contributed by atoms with Crippen molar-refractivity contribution in [1.29, 1.82) is 0 Å². The lowest BCUT2D eigenvalue weighted by Crippen LogP contribution is -2.44. The maximum Gasteiger partial charge on any atom is 0.271 e. The molecule has 0 spiro atoms. The Hall–Kier alpha value is -1.41. The van der Waals surface area contributed by atoms with Gasteiger partial charge < -0.3 is 14.7 Å². The van der Waals surface area contributed by atoms with E-state index in [0.717, 1.165) is 13.1 Å². The molecule has 23 heavy (non-hydrogen) atoms. The van der Waals surface area contributed by atoms with Crippen molar-refractivity contribution in [2.45, 2.75) is 13.0 Å². The molecule has 1 heterocycles. The molecule has 1 aromatic rings. The predicted octanol–water partition coefficient (Wildman–Crippen LogP) is 1.69. The van der Waals surface area contributed by atoms with Crippen molar-refractivity contribution in [3.05, 3.63) is 32.8 Å². The zero-order chi connectivity index (χ0) is 17.0. The Morgan fingerprint density at radius 2 is 2.13 bits per heavy atom. The normalized spacial score (nSPS) is 17.0. The molecule has 8 heteroatoms. The summed E-state index contributed by atoms with van der Waals surface area (Å²) in [5.41, 5.74) is 1.39. The van der Waals surface area contributed by atoms with Gasteiger partial charge in [-0.15, -0.1) is 0 Å². The molecule has 1 aliphatic heterocycles. The number of β-amino-alcohol motifs (C(OH)–C–C–N with tert-alkyl or cyclic N) is 1. The number of hydrogen-bond acceptors (Lipinski definition) is 6. The summed E-state index contributed by atoms with van der Waals surface area (Å²) >= 11 is 6.19. The van der Waals surface area contributed by atoms with Gasteiger partial charge in [0.2, 0.25) is 0 Å². The van der Waals surface area contributed by atoms with Crippen molar-refractivity contribution in [2.75, 3.05) is 51.3 Å². The molecule has 2 rings (SSSR count). The highest BCUT2D eigenvalue weighted by Crippen LogP contribution is 2.33. The van der Waals surface area contributed by atoms with Gasteiger partial charge in [0.05, 0.1) is 35.0 Å². The van der Waals surface area contributed by atoms with Crippen molar-refractivity contribution in [3.63, 3.8) is 0 Å². The second-order valence-electron chi connectivity index (χ2n) is 5.80. The van der Waals surface area contributed by atoms with Crippen LogP contribution in [-0.4, -0.2) is 67.5 Å². The standard InChI is InChI=1S/C15H22ClN3O4/c1-11-7-12(19(21)22)8-14(16)15(11)17(2)9-13(20)10-18-3-5-23-6-4-18/h7-8,13,20H,3-6,9-10H2,1-2H3. The van der Waals surface area contributed by atoms with E-state index in [-0.39, 0.29) is 5.69 Å². The van der Waals surface area contributed by atoms with Crippen molar-refractivity contribution >= 4 is 23.0 Å². The lowest BCUT2D eigenvalue weighted by molar-refractivity contribution is -0.384. The molecule has 1 aromatic carbocycles. The highest BCUT2D eigenvalue weighted by Gasteiger charge is 2.20. The number of non-ortho nitro benzene ring substituents is 1. The van der Waals surface area contributed by atoms with Crippen molar-refractivity contribution in [2.24, 2.45) is 0 Å². The first-order chi connectivity index (χ1) is 10.9. The van der Waals surface area contributed by atoms with E-state index in [0.29, 0.717) is 42.6 Å². The highest BCUT2D eigenvalue weighted by molar-refractivity contribution is 6.33. The third-order valence-corrected chi connectivity index (χ3v) is 4.18. The van der Waals surface area contributed by atoms with Crippen LogP contribution in [-0.2, 0) is 4.74 Å². The van der Waals surface area contributed by atoms with Crippen molar-refractivity contribution in [3.8, 4) is 0 Å². The predicted molar refractivity (Wildman–Crippen MR) is 89.4 cm³/mol. The fourth-order valence-corrected chi connectivity index (χ4v) is 3.26. The van der Waals surface area contributed by atoms with Crippen LogP contribution in [0.25, 0.3) is 0 Å². The van der Waals surface area contributed by atoms with Crippen molar-refractivity contribution in [1.82, 2.24) is 4.90 Å². The van der Waals surface area contributed by atoms with Gasteiger partial charge in [-0.3, -0.25) is 15.0 Å². The zero-order valence-corrected chi connectivity index (χ0v) is 14.1. The summed E-state index contributed by atoms with van der Waals surface area (Å²) in [5.74, 6) is 0. The molecule has 0 aliphatic carbocycles. The van der Waals surface area contributed by atoms with Crippen LogP contribution < -0.4 is 4.90 Å². The minimum absolute atomic E-state index is 0.0292. The topological polar surface area (TPSA) is 79.1 Å². The second kappa shape index (κ2) is 7.92. The Balaban J connectivity index is 2.02. The first-order valence-corrected chi connectivity index (χ1v) is 7.90. The Kier molecular flexibility index (Phi) is 6.17. The molecular formula is C15H22ClN3O4. The molecule has 1 saturated heterocycles. The van der Waals surface area contributed by atoms with E-state index in [4.69, 9.17) is 16.3 Å². The molecule has 7 nitrogen and oxygen atoms in total. The smallest absolute Gasteiger partial charge is 0.271 e. The number of rotatable bonds is 6. The quantitative estimate of drug-likeness (QED) is 0.625. The van der Waals surface area contributed by atoms with Crippen molar-refractivity contribution < 1.29 is 14.8 Å². The number of aliphatic hydroxyl groups is 1. The Morgan fingerprint density at radius 1 is 1.48 bits per heavy atom. The van der Waals surface area contributed by atoms with Gasteiger partial charge in [-0.25, -0.2) is 0 Å². The second-order valence-corrected chi connectivity index (χ2v) is 6.20. The summed E-state index contributed by atoms with van der Waals surface area (Å²) in [7, 11) is 1.82. The number of halogens is 1. The van der Waals surface area contributed by atoms with Crippen LogP contribution in [0.2, 0.25) is 5.02 Å². The number of nitro groups is 1. The fraction of sp³-hybridized carbons (Fsp3) is 0.600. The third kappa shape index (κ3) is 4.78. The Morgan fingerprint density at radius 3 is 2.70 bits per heavy atom. The number of ether oxygens (including phenoxy) is 1. The fourth-order valence-electron chi connectivity index (χ4n) is 2.85. The third-order valence-electron chi connectivity index (χ3n) is 3.89. The van der Waals surface area contributed by atoms with Crippen LogP contribution in [0.15, 0.2) is 12.1 Å². The molecule has 0 saturated carbocycles. The largest absolute Gasteiger partial charge is 0.390 e. The number of nitrogens with zero attached hydrogens (tertiary/aromatic N) is 3. The maximum absolute atomic E-state index is 10.9. The molecule has 1 atom stereocenters. The lowest BCUT2D eigenvalue weighted by Gasteiger charge is -2.31. The number of nitro benzene ring substituents is 1. The summed E-state index contributed by atoms with van der Waals surface area (Å²) in [6.45, 7) is 5.76. The van der Waals surface area contributed by atoms with E-state index in [1.165, 1.54) is 12.1 Å². The summed E-state index contributed by atoms with van der Waals surface area (Å²) in [6, 6.07) is 2.83. The molecule has 1 fully saturated rings. The summed E-state index contributed by atoms with van der Waals surface area (Å²) in [6.07, 6.45) is -0.538. The van der Waals surface area contributed by atoms with Gasteiger partial charge in [0, 0.05) is 45.4 Å². The van der Waals surface area contributed by atoms with Gasteiger partial charge in [-0.1, -0.05) is 11.6 Å². The number of morpholine rings is 1. The molecule has 0 bridgehead atoms. The van der Waals surface area contributed by atoms with Crippen LogP contribution in [0, 0.1) is 17.0 Å². The molecule has 0 amide bonds. The zero-order valence-electron chi connectivity index (χ0n) is 13.4. The van der Waals surface area contributed by atoms with E-state index in [1.54, 1.807) is 6.92 Å². The van der Waals surface area contributed by atoms with E-state index in [2.05, 4.69) is 4.90 Å². The molecule has 1 aliphatic rings. The monoisotopic (exact) mass is 343 g/mol. The van der Waals surface area contributed by atoms with E-state index in [1.807, 2.05) is 11.9 Å². The molecule has 128 valence electrons.